The maximum absolute atomic E-state index is 5.60. The first-order valence-electron chi connectivity index (χ1n) is 4.38. The van der Waals surface area contributed by atoms with Crippen LogP contribution in [0.4, 0.5) is 5.88 Å². The van der Waals surface area contributed by atoms with E-state index in [-0.39, 0.29) is 0 Å². The van der Waals surface area contributed by atoms with E-state index in [1.807, 2.05) is 0 Å². The highest BCUT2D eigenvalue weighted by molar-refractivity contribution is 5.85. The number of rotatable bonds is 0. The highest BCUT2D eigenvalue weighted by atomic mass is 16.5. The van der Waals surface area contributed by atoms with E-state index < -0.39 is 0 Å². The van der Waals surface area contributed by atoms with Gasteiger partial charge in [0.2, 0.25) is 11.5 Å². The average molecular weight is 175 g/mol. The van der Waals surface area contributed by atoms with Crippen molar-refractivity contribution in [1.82, 2.24) is 10.1 Å². The first-order chi connectivity index (χ1) is 6.34. The lowest BCUT2D eigenvalue weighted by Gasteiger charge is -1.95. The average Bonchev–Trinajstić information content (AvgIpc) is 2.70. The summed E-state index contributed by atoms with van der Waals surface area (Å²) in [6.07, 6.45) is 3.34. The molecule has 2 heterocycles. The fourth-order valence-corrected chi connectivity index (χ4v) is 1.85. The van der Waals surface area contributed by atoms with Crippen molar-refractivity contribution >= 4 is 16.9 Å². The molecule has 0 aromatic carbocycles. The van der Waals surface area contributed by atoms with Crippen LogP contribution >= 0.6 is 0 Å². The van der Waals surface area contributed by atoms with Gasteiger partial charge in [0, 0.05) is 5.69 Å². The van der Waals surface area contributed by atoms with Crippen molar-refractivity contribution in [3.05, 3.63) is 17.3 Å². The third kappa shape index (κ3) is 0.854. The number of aromatic nitrogens is 2. The second-order valence-corrected chi connectivity index (χ2v) is 3.37. The Hall–Kier alpha value is -1.58. The molecule has 13 heavy (non-hydrogen) atoms. The lowest BCUT2D eigenvalue weighted by atomic mass is 10.2. The highest BCUT2D eigenvalue weighted by Gasteiger charge is 2.16. The van der Waals surface area contributed by atoms with Crippen LogP contribution < -0.4 is 5.73 Å². The van der Waals surface area contributed by atoms with E-state index in [0.717, 1.165) is 23.9 Å². The number of nitrogens with two attached hydrogens (primary N) is 1. The largest absolute Gasteiger partial charge is 0.367 e. The zero-order valence-corrected chi connectivity index (χ0v) is 7.08. The Bertz CT molecular complexity index is 475. The summed E-state index contributed by atoms with van der Waals surface area (Å²) in [6, 6.07) is 2.05. The molecular weight excluding hydrogens is 166 g/mol. The van der Waals surface area contributed by atoms with E-state index in [1.165, 1.54) is 12.0 Å². The maximum atomic E-state index is 5.60. The van der Waals surface area contributed by atoms with E-state index >= 15 is 0 Å². The van der Waals surface area contributed by atoms with Crippen molar-refractivity contribution in [2.45, 2.75) is 19.3 Å². The van der Waals surface area contributed by atoms with Crippen molar-refractivity contribution in [3.63, 3.8) is 0 Å². The van der Waals surface area contributed by atoms with Gasteiger partial charge in [0.1, 0.15) is 0 Å². The van der Waals surface area contributed by atoms with E-state index in [2.05, 4.69) is 16.2 Å². The molecular formula is C9H9N3O. The summed E-state index contributed by atoms with van der Waals surface area (Å²) in [5.41, 5.74) is 8.69. The van der Waals surface area contributed by atoms with Crippen LogP contribution in [0.3, 0.4) is 0 Å². The number of hydrogen-bond acceptors (Lipinski definition) is 4. The maximum Gasteiger partial charge on any atom is 0.231 e. The van der Waals surface area contributed by atoms with Gasteiger partial charge in [-0.15, -0.1) is 0 Å². The van der Waals surface area contributed by atoms with Gasteiger partial charge in [-0.1, -0.05) is 5.16 Å². The number of nitrogen functional groups attached to an aromatic ring is 1. The predicted molar refractivity (Wildman–Crippen MR) is 48.2 cm³/mol. The molecule has 66 valence electrons. The van der Waals surface area contributed by atoms with Crippen LogP contribution in [0.5, 0.6) is 0 Å². The van der Waals surface area contributed by atoms with Crippen molar-refractivity contribution in [1.29, 1.82) is 0 Å². The smallest absolute Gasteiger partial charge is 0.231 e. The Balaban J connectivity index is 2.38. The molecule has 2 N–H and O–H groups in total. The van der Waals surface area contributed by atoms with Gasteiger partial charge in [0.25, 0.3) is 0 Å². The molecule has 0 bridgehead atoms. The quantitative estimate of drug-likeness (QED) is 0.655. The second kappa shape index (κ2) is 2.22. The summed E-state index contributed by atoms with van der Waals surface area (Å²) in [4.78, 5) is 4.39. The molecule has 1 aliphatic rings. The molecule has 0 unspecified atom stereocenters. The van der Waals surface area contributed by atoms with Crippen molar-refractivity contribution in [2.24, 2.45) is 0 Å². The van der Waals surface area contributed by atoms with Crippen LogP contribution in [-0.2, 0) is 12.8 Å². The fraction of sp³-hybridized carbons (Fsp3) is 0.333. The topological polar surface area (TPSA) is 64.9 Å². The number of fused-ring (bicyclic) bond motifs is 2. The molecule has 1 aliphatic carbocycles. The molecule has 0 saturated heterocycles. The number of aryl methyl sites for hydroxylation is 2. The van der Waals surface area contributed by atoms with Crippen LogP contribution in [0.1, 0.15) is 17.7 Å². The molecule has 0 saturated carbocycles. The molecule has 2 aromatic heterocycles. The van der Waals surface area contributed by atoms with Crippen LogP contribution in [0.25, 0.3) is 11.0 Å². The van der Waals surface area contributed by atoms with Gasteiger partial charge in [-0.2, -0.15) is 0 Å². The van der Waals surface area contributed by atoms with E-state index in [4.69, 9.17) is 10.3 Å². The minimum atomic E-state index is 0.372. The Labute approximate surface area is 74.7 Å². The molecule has 0 amide bonds. The number of nitrogens with zero attached hydrogens (tertiary/aromatic N) is 2. The highest BCUT2D eigenvalue weighted by Crippen LogP contribution is 2.26. The third-order valence-electron chi connectivity index (χ3n) is 2.53. The van der Waals surface area contributed by atoms with Gasteiger partial charge < -0.3 is 10.3 Å². The summed E-state index contributed by atoms with van der Waals surface area (Å²) in [5.74, 6) is 0.372. The molecule has 0 radical (unpaired) electrons. The van der Waals surface area contributed by atoms with E-state index in [9.17, 15) is 0 Å². The molecule has 4 nitrogen and oxygen atoms in total. The van der Waals surface area contributed by atoms with Crippen LogP contribution in [-0.4, -0.2) is 10.1 Å². The number of anilines is 1. The standard InChI is InChI=1S/C9H9N3O/c10-8-6-4-5-2-1-3-7(5)11-9(6)12-13-8/h4H,1-3,10H2. The molecule has 0 aliphatic heterocycles. The Kier molecular flexibility index (Phi) is 1.17. The molecule has 3 rings (SSSR count). The molecule has 0 spiro atoms. The molecule has 2 aromatic rings. The number of pyridine rings is 1. The monoisotopic (exact) mass is 175 g/mol. The zero-order chi connectivity index (χ0) is 8.84. The van der Waals surface area contributed by atoms with Crippen LogP contribution in [0.2, 0.25) is 0 Å². The molecule has 4 heteroatoms. The SMILES string of the molecule is Nc1onc2nc3c(cc12)CCC3. The van der Waals surface area contributed by atoms with Gasteiger partial charge in [-0.25, -0.2) is 4.98 Å². The summed E-state index contributed by atoms with van der Waals surface area (Å²) < 4.78 is 4.86. The van der Waals surface area contributed by atoms with Gasteiger partial charge in [0.15, 0.2) is 0 Å². The van der Waals surface area contributed by atoms with Crippen molar-refractivity contribution in [2.75, 3.05) is 5.73 Å². The van der Waals surface area contributed by atoms with Crippen molar-refractivity contribution in [3.8, 4) is 0 Å². The minimum absolute atomic E-state index is 0.372. The van der Waals surface area contributed by atoms with Gasteiger partial charge in [0.05, 0.1) is 5.39 Å². The fourth-order valence-electron chi connectivity index (χ4n) is 1.85. The minimum Gasteiger partial charge on any atom is -0.367 e. The van der Waals surface area contributed by atoms with Crippen LogP contribution in [0, 0.1) is 0 Å². The predicted octanol–water partition coefficient (Wildman–Crippen LogP) is 1.29. The van der Waals surface area contributed by atoms with Gasteiger partial charge in [-0.05, 0) is 30.9 Å². The molecule has 0 atom stereocenters. The van der Waals surface area contributed by atoms with Crippen molar-refractivity contribution < 1.29 is 4.52 Å². The van der Waals surface area contributed by atoms with E-state index in [1.54, 1.807) is 0 Å². The molecule has 0 fully saturated rings. The second-order valence-electron chi connectivity index (χ2n) is 3.37. The Morgan fingerprint density at radius 3 is 3.23 bits per heavy atom. The van der Waals surface area contributed by atoms with Gasteiger partial charge in [-0.3, -0.25) is 0 Å². The summed E-state index contributed by atoms with van der Waals surface area (Å²) in [6.45, 7) is 0. The first kappa shape index (κ1) is 6.88. The van der Waals surface area contributed by atoms with Crippen LogP contribution in [0.15, 0.2) is 10.6 Å². The lowest BCUT2D eigenvalue weighted by molar-refractivity contribution is 0.443. The summed E-state index contributed by atoms with van der Waals surface area (Å²) in [5, 5.41) is 4.63. The normalized spacial score (nSPS) is 15.1. The van der Waals surface area contributed by atoms with E-state index in [0.29, 0.717) is 11.5 Å². The Morgan fingerprint density at radius 2 is 2.31 bits per heavy atom. The van der Waals surface area contributed by atoms with Gasteiger partial charge >= 0.3 is 0 Å². The first-order valence-corrected chi connectivity index (χ1v) is 4.38. The summed E-state index contributed by atoms with van der Waals surface area (Å²) in [7, 11) is 0. The lowest BCUT2D eigenvalue weighted by Crippen LogP contribution is -1.89. The zero-order valence-electron chi connectivity index (χ0n) is 7.08. The summed E-state index contributed by atoms with van der Waals surface area (Å²) >= 11 is 0. The number of hydrogen-bond donors (Lipinski definition) is 1. The Morgan fingerprint density at radius 1 is 1.38 bits per heavy atom. The third-order valence-corrected chi connectivity index (χ3v) is 2.53.